The third kappa shape index (κ3) is 106. The third-order valence-electron chi connectivity index (χ3n) is 25.1. The first-order valence-corrected chi connectivity index (χ1v) is 56.8. The van der Waals surface area contributed by atoms with Crippen LogP contribution in [0.2, 0.25) is 0 Å². The van der Waals surface area contributed by atoms with E-state index in [2.05, 4.69) is 542 Å². The number of quaternary nitrogens is 12. The Morgan fingerprint density at radius 3 is 0.243 bits per heavy atom. The molecule has 0 fully saturated rings. The van der Waals surface area contributed by atoms with Crippen molar-refractivity contribution in [2.24, 2.45) is 0 Å². The second-order valence-corrected chi connectivity index (χ2v) is 38.4. The minimum Gasteiger partial charge on any atom is -0.340 e. The molecule has 0 bridgehead atoms. The SMILES string of the molecule is C.C.C.C.C.C.CCCC[NH+](C)CC.CCCC[NH+](C)CC.CCCC[NH+](C)CC.CCCC[NH+](C)CC.CCC[NH+](C)CC.CCC[NH+](C)CC.CCC[NH+](C)CC.CCC[NH+](C)CC.CC[NH+](C)C.CC[NH+](C)C.CC[NH+](C)CC.CC[NH+](C)CC.c1ccc2ccccc2c1.c1ccc2ccccc2c1.c1ccc2ccccc2c1.c1ccc2ccccc2c1.c1ccc2ccccc2c1.c1ccc2ccccc2c1. The average molecular weight is 2060 g/mol. The highest BCUT2D eigenvalue weighted by molar-refractivity contribution is 5.85. The maximum absolute atomic E-state index is 2.25. The lowest BCUT2D eigenvalue weighted by Crippen LogP contribution is -3.08. The van der Waals surface area contributed by atoms with Crippen molar-refractivity contribution in [3.05, 3.63) is 291 Å². The predicted molar refractivity (Wildman–Crippen MR) is 686 cm³/mol. The summed E-state index contributed by atoms with van der Waals surface area (Å²) in [7, 11) is 30.8. The predicted octanol–water partition coefficient (Wildman–Crippen LogP) is 19.2. The lowest BCUT2D eigenvalue weighted by atomic mass is 10.1. The maximum atomic E-state index is 2.25. The van der Waals surface area contributed by atoms with Gasteiger partial charge < -0.3 is 58.8 Å². The van der Waals surface area contributed by atoms with Gasteiger partial charge in [-0.25, -0.2) is 0 Å². The quantitative estimate of drug-likeness (QED) is 0.0190. The molecule has 12 aromatic rings. The Hall–Kier alpha value is -8.28. The van der Waals surface area contributed by atoms with Crippen molar-refractivity contribution >= 4 is 64.6 Å². The molecular weight excluding hydrogens is 1800 g/mol. The first kappa shape index (κ1) is 165. The number of benzene rings is 12. The third-order valence-corrected chi connectivity index (χ3v) is 25.1. The van der Waals surface area contributed by atoms with Gasteiger partial charge in [0.25, 0.3) is 0 Å². The van der Waals surface area contributed by atoms with Crippen molar-refractivity contribution in [3.63, 3.8) is 0 Å². The van der Waals surface area contributed by atoms with Gasteiger partial charge in [-0.15, -0.1) is 0 Å². The largest absolute Gasteiger partial charge is 0.340 e. The second-order valence-electron chi connectivity index (χ2n) is 38.4. The highest BCUT2D eigenvalue weighted by Crippen LogP contribution is 2.16. The standard InChI is InChI=1S/6C10H8.4C7H17N.4C6H15N.2C5H13N.2C4H11N.6CH4/c6*1-2-6-10-8-4-3-7-9(10)5-1;4*1-4-6-7-8(3)5-2;4*1-4-6-7(3)5-2;2*1-4-6(3)5-2;2*1-4-5(2)3;;;;;;/h6*1-8H;4*4-7H2,1-3H3;4*4-6H2,1-3H3;2*4-5H2,1-3H3;2*4H2,1-3H3;6*1H4/p+12. The van der Waals surface area contributed by atoms with Crippen LogP contribution in [0.1, 0.15) is 274 Å². The van der Waals surface area contributed by atoms with Gasteiger partial charge in [0.15, 0.2) is 0 Å². The van der Waals surface area contributed by atoms with Gasteiger partial charge in [-0.3, -0.25) is 0 Å². The smallest absolute Gasteiger partial charge is 0.0768 e. The molecule has 0 amide bonds. The Morgan fingerprint density at radius 1 is 0.115 bits per heavy atom. The van der Waals surface area contributed by atoms with Crippen molar-refractivity contribution < 1.29 is 58.8 Å². The number of hydrogen-bond acceptors (Lipinski definition) is 0. The molecule has 0 spiro atoms. The van der Waals surface area contributed by atoms with Crippen LogP contribution in [0.25, 0.3) is 64.6 Å². The van der Waals surface area contributed by atoms with Crippen LogP contribution in [-0.2, 0) is 0 Å². The van der Waals surface area contributed by atoms with Crippen molar-refractivity contribution in [2.75, 3.05) is 243 Å². The van der Waals surface area contributed by atoms with Gasteiger partial charge in [0.1, 0.15) is 0 Å². The fourth-order valence-electron chi connectivity index (χ4n) is 12.3. The minimum absolute atomic E-state index is 0. The second kappa shape index (κ2) is 124. The Balaban J connectivity index is -0.000000133. The van der Waals surface area contributed by atoms with E-state index < -0.39 is 0 Å². The van der Waals surface area contributed by atoms with E-state index in [0.29, 0.717) is 0 Å². The van der Waals surface area contributed by atoms with Gasteiger partial charge >= 0.3 is 0 Å². The number of fused-ring (bicyclic) bond motifs is 6. The Bertz CT molecular complexity index is 3420. The zero-order valence-electron chi connectivity index (χ0n) is 99.8. The molecule has 0 aliphatic rings. The van der Waals surface area contributed by atoms with Gasteiger partial charge in [0.05, 0.1) is 243 Å². The van der Waals surface area contributed by atoms with Crippen molar-refractivity contribution in [1.82, 2.24) is 0 Å². The molecule has 0 aromatic heterocycles. The van der Waals surface area contributed by atoms with Crippen molar-refractivity contribution in [2.45, 2.75) is 274 Å². The van der Waals surface area contributed by atoms with E-state index in [9.17, 15) is 0 Å². The van der Waals surface area contributed by atoms with Crippen LogP contribution in [-0.4, -0.2) is 243 Å². The first-order chi connectivity index (χ1) is 68.4. The monoisotopic (exact) mass is 2060 g/mol. The zero-order chi connectivity index (χ0) is 108. The molecule has 12 heteroatoms. The van der Waals surface area contributed by atoms with E-state index in [-0.39, 0.29) is 44.6 Å². The first-order valence-electron chi connectivity index (χ1n) is 56.8. The van der Waals surface area contributed by atoms with Gasteiger partial charge in [0, 0.05) is 0 Å². The van der Waals surface area contributed by atoms with Gasteiger partial charge in [-0.05, 0) is 213 Å². The van der Waals surface area contributed by atoms with E-state index >= 15 is 0 Å². The van der Waals surface area contributed by atoms with E-state index in [4.69, 9.17) is 0 Å². The highest BCUT2D eigenvalue weighted by atomic mass is 15.1. The summed E-state index contributed by atoms with van der Waals surface area (Å²) < 4.78 is 0. The van der Waals surface area contributed by atoms with E-state index in [0.717, 1.165) is 0 Å². The summed E-state index contributed by atoms with van der Waals surface area (Å²) in [5, 5.41) is 15.7. The lowest BCUT2D eigenvalue weighted by Gasteiger charge is -2.08. The molecule has 0 aliphatic heterocycles. The number of hydrogen-bond donors (Lipinski definition) is 12. The fraction of sp³-hybridized carbons (Fsp3) is 0.559. The molecule has 12 rings (SSSR count). The molecule has 12 N–H and O–H groups in total. The van der Waals surface area contributed by atoms with Crippen LogP contribution in [0.3, 0.4) is 0 Å². The summed E-state index contributed by atoms with van der Waals surface area (Å²) in [5.74, 6) is 0. The topological polar surface area (TPSA) is 53.3 Å². The Morgan fingerprint density at radius 2 is 0.196 bits per heavy atom. The molecule has 0 saturated heterocycles. The molecule has 852 valence electrons. The van der Waals surface area contributed by atoms with Gasteiger partial charge in [0.2, 0.25) is 0 Å². The normalized spacial score (nSPS) is 11.2. The lowest BCUT2D eigenvalue weighted by molar-refractivity contribution is -0.877. The van der Waals surface area contributed by atoms with E-state index in [1.807, 2.05) is 0 Å². The minimum atomic E-state index is 0. The summed E-state index contributed by atoms with van der Waals surface area (Å²) in [6, 6.07) is 100. The maximum Gasteiger partial charge on any atom is 0.0768 e. The molecule has 0 saturated carbocycles. The molecule has 8 unspecified atom stereocenters. The van der Waals surface area contributed by atoms with Crippen LogP contribution in [0.5, 0.6) is 0 Å². The molecule has 0 aliphatic carbocycles. The summed E-state index contributed by atoms with van der Waals surface area (Å²) in [5.41, 5.74) is 0. The van der Waals surface area contributed by atoms with E-state index in [1.165, 1.54) is 295 Å². The van der Waals surface area contributed by atoms with E-state index in [1.54, 1.807) is 49.0 Å². The summed E-state index contributed by atoms with van der Waals surface area (Å²) in [4.78, 5) is 19.3. The number of nitrogens with one attached hydrogen (secondary N) is 12. The summed E-state index contributed by atoms with van der Waals surface area (Å²) in [6.07, 6.45) is 16.0. The highest BCUT2D eigenvalue weighted by Gasteiger charge is 2.00. The van der Waals surface area contributed by atoms with Crippen molar-refractivity contribution in [1.29, 1.82) is 0 Å². The van der Waals surface area contributed by atoms with Crippen LogP contribution in [0, 0.1) is 0 Å². The molecule has 12 aromatic carbocycles. The fourth-order valence-corrected chi connectivity index (χ4v) is 12.3. The molecule has 148 heavy (non-hydrogen) atoms. The summed E-state index contributed by atoms with van der Waals surface area (Å²) in [6.45, 7) is 76.8. The Kier molecular flexibility index (Phi) is 138. The Labute approximate surface area is 925 Å². The van der Waals surface area contributed by atoms with Crippen LogP contribution in [0.15, 0.2) is 291 Å². The molecule has 8 atom stereocenters. The van der Waals surface area contributed by atoms with Gasteiger partial charge in [-0.2, -0.15) is 0 Å². The molecule has 0 radical (unpaired) electrons. The zero-order valence-corrected chi connectivity index (χ0v) is 99.8. The van der Waals surface area contributed by atoms with Crippen LogP contribution in [0.4, 0.5) is 0 Å². The van der Waals surface area contributed by atoms with Crippen molar-refractivity contribution in [3.8, 4) is 0 Å². The van der Waals surface area contributed by atoms with Gasteiger partial charge in [-0.1, -0.05) is 417 Å². The van der Waals surface area contributed by atoms with Crippen LogP contribution >= 0.6 is 0 Å². The van der Waals surface area contributed by atoms with Crippen LogP contribution < -0.4 is 58.8 Å². The molecular formula is C136H260N12+12. The number of unbranched alkanes of at least 4 members (excludes halogenated alkanes) is 4. The molecule has 0 heterocycles. The number of rotatable bonds is 34. The average Bonchev–Trinajstić information content (AvgIpc) is 0.899. The summed E-state index contributed by atoms with van der Waals surface area (Å²) >= 11 is 0. The molecule has 12 nitrogen and oxygen atoms in total.